The van der Waals surface area contributed by atoms with Gasteiger partial charge in [-0.05, 0) is 37.1 Å². The van der Waals surface area contributed by atoms with Gasteiger partial charge in [0.1, 0.15) is 0 Å². The van der Waals surface area contributed by atoms with E-state index >= 15 is 0 Å². The number of carbonyl (C=O) groups excluding carboxylic acids is 1. The van der Waals surface area contributed by atoms with E-state index in [0.717, 1.165) is 30.4 Å². The van der Waals surface area contributed by atoms with Gasteiger partial charge in [-0.25, -0.2) is 9.97 Å². The first-order chi connectivity index (χ1) is 11.6. The minimum absolute atomic E-state index is 0.0972. The van der Waals surface area contributed by atoms with Gasteiger partial charge < -0.3 is 15.1 Å². The lowest BCUT2D eigenvalue weighted by Crippen LogP contribution is -2.25. The van der Waals surface area contributed by atoms with Gasteiger partial charge in [0.25, 0.3) is 5.91 Å². The second-order valence-electron chi connectivity index (χ2n) is 6.17. The van der Waals surface area contributed by atoms with Crippen molar-refractivity contribution in [1.82, 2.24) is 15.3 Å². The third-order valence-electron chi connectivity index (χ3n) is 4.14. The lowest BCUT2D eigenvalue weighted by atomic mass is 10.2. The molecule has 3 rings (SSSR count). The van der Waals surface area contributed by atoms with Crippen LogP contribution in [0.2, 0.25) is 0 Å². The fourth-order valence-corrected chi connectivity index (χ4v) is 2.75. The average molecular weight is 325 g/mol. The molecule has 0 radical (unpaired) electrons. The Labute approximate surface area is 142 Å². The Balaban J connectivity index is 1.64. The van der Waals surface area contributed by atoms with Crippen molar-refractivity contribution in [2.75, 3.05) is 37.0 Å². The maximum atomic E-state index is 12.4. The largest absolute Gasteiger partial charge is 0.378 e. The molecule has 1 saturated heterocycles. The van der Waals surface area contributed by atoms with Gasteiger partial charge >= 0.3 is 0 Å². The molecule has 126 valence electrons. The summed E-state index contributed by atoms with van der Waals surface area (Å²) in [5, 5.41) is 2.93. The van der Waals surface area contributed by atoms with E-state index in [0.29, 0.717) is 12.1 Å². The van der Waals surface area contributed by atoms with Crippen LogP contribution < -0.4 is 15.1 Å². The third-order valence-corrected chi connectivity index (χ3v) is 4.14. The number of aromatic nitrogens is 2. The summed E-state index contributed by atoms with van der Waals surface area (Å²) in [7, 11) is 3.91. The average Bonchev–Trinajstić information content (AvgIpc) is 3.15. The van der Waals surface area contributed by atoms with E-state index < -0.39 is 0 Å². The number of hydrogen-bond acceptors (Lipinski definition) is 5. The Kier molecular flexibility index (Phi) is 4.93. The molecular formula is C18H23N5O. The van der Waals surface area contributed by atoms with E-state index in [1.165, 1.54) is 12.8 Å². The standard InChI is InChI=1S/C18H23N5O/c1-22(2)16-7-5-6-14(12-16)17(24)20-13-15-8-9-19-18(21-15)23-10-3-4-11-23/h5-9,12H,3-4,10-11,13H2,1-2H3,(H,20,24). The van der Waals surface area contributed by atoms with Crippen LogP contribution in [0.3, 0.4) is 0 Å². The number of nitrogens with zero attached hydrogens (tertiary/aromatic N) is 4. The second kappa shape index (κ2) is 7.29. The maximum absolute atomic E-state index is 12.4. The van der Waals surface area contributed by atoms with E-state index in [1.807, 2.05) is 49.3 Å². The highest BCUT2D eigenvalue weighted by molar-refractivity contribution is 5.95. The van der Waals surface area contributed by atoms with Crippen LogP contribution in [0.5, 0.6) is 0 Å². The SMILES string of the molecule is CN(C)c1cccc(C(=O)NCc2ccnc(N3CCCC3)n2)c1. The van der Waals surface area contributed by atoms with Crippen LogP contribution in [-0.2, 0) is 6.54 Å². The zero-order valence-electron chi connectivity index (χ0n) is 14.2. The highest BCUT2D eigenvalue weighted by Gasteiger charge is 2.15. The van der Waals surface area contributed by atoms with Crippen molar-refractivity contribution in [2.24, 2.45) is 0 Å². The van der Waals surface area contributed by atoms with E-state index in [2.05, 4.69) is 20.2 Å². The summed E-state index contributed by atoms with van der Waals surface area (Å²) in [6, 6.07) is 9.41. The van der Waals surface area contributed by atoms with Crippen LogP contribution in [0.25, 0.3) is 0 Å². The van der Waals surface area contributed by atoms with Crippen molar-refractivity contribution in [3.05, 3.63) is 47.8 Å². The van der Waals surface area contributed by atoms with Crippen molar-refractivity contribution >= 4 is 17.5 Å². The highest BCUT2D eigenvalue weighted by Crippen LogP contribution is 2.16. The van der Waals surface area contributed by atoms with Crippen molar-refractivity contribution in [3.63, 3.8) is 0 Å². The molecule has 1 aromatic carbocycles. The number of carbonyl (C=O) groups is 1. The van der Waals surface area contributed by atoms with Crippen molar-refractivity contribution < 1.29 is 4.79 Å². The first-order valence-corrected chi connectivity index (χ1v) is 8.26. The van der Waals surface area contributed by atoms with Crippen LogP contribution in [0.15, 0.2) is 36.5 Å². The number of nitrogens with one attached hydrogen (secondary N) is 1. The normalized spacial score (nSPS) is 13.8. The summed E-state index contributed by atoms with van der Waals surface area (Å²) in [5.74, 6) is 0.661. The molecule has 1 aliphatic heterocycles. The van der Waals surface area contributed by atoms with E-state index in [1.54, 1.807) is 6.20 Å². The van der Waals surface area contributed by atoms with Gasteiger partial charge in [-0.15, -0.1) is 0 Å². The predicted octanol–water partition coefficient (Wildman–Crippen LogP) is 2.07. The number of amides is 1. The highest BCUT2D eigenvalue weighted by atomic mass is 16.1. The second-order valence-corrected chi connectivity index (χ2v) is 6.17. The van der Waals surface area contributed by atoms with Crippen molar-refractivity contribution in [1.29, 1.82) is 0 Å². The van der Waals surface area contributed by atoms with E-state index in [9.17, 15) is 4.79 Å². The molecule has 0 aliphatic carbocycles. The van der Waals surface area contributed by atoms with Gasteiger partial charge in [-0.3, -0.25) is 4.79 Å². The predicted molar refractivity (Wildman–Crippen MR) is 95.4 cm³/mol. The molecule has 0 unspecified atom stereocenters. The molecule has 2 heterocycles. The van der Waals surface area contributed by atoms with E-state index in [-0.39, 0.29) is 5.91 Å². The number of benzene rings is 1. The first kappa shape index (κ1) is 16.2. The molecule has 6 heteroatoms. The molecule has 0 atom stereocenters. The first-order valence-electron chi connectivity index (χ1n) is 8.26. The number of hydrogen-bond donors (Lipinski definition) is 1. The molecule has 1 N–H and O–H groups in total. The summed E-state index contributed by atoms with van der Waals surface area (Å²) in [6.45, 7) is 2.41. The van der Waals surface area contributed by atoms with Gasteiger partial charge in [0, 0.05) is 44.6 Å². The summed E-state index contributed by atoms with van der Waals surface area (Å²) >= 11 is 0. The van der Waals surface area contributed by atoms with Crippen LogP contribution >= 0.6 is 0 Å². The third kappa shape index (κ3) is 3.82. The lowest BCUT2D eigenvalue weighted by Gasteiger charge is -2.15. The zero-order valence-corrected chi connectivity index (χ0v) is 14.2. The fourth-order valence-electron chi connectivity index (χ4n) is 2.75. The monoisotopic (exact) mass is 325 g/mol. The van der Waals surface area contributed by atoms with Gasteiger partial charge in [-0.2, -0.15) is 0 Å². The molecule has 24 heavy (non-hydrogen) atoms. The molecule has 6 nitrogen and oxygen atoms in total. The molecular weight excluding hydrogens is 302 g/mol. The van der Waals surface area contributed by atoms with E-state index in [4.69, 9.17) is 0 Å². The smallest absolute Gasteiger partial charge is 0.251 e. The topological polar surface area (TPSA) is 61.4 Å². The summed E-state index contributed by atoms with van der Waals surface area (Å²) in [6.07, 6.45) is 4.13. The molecule has 0 spiro atoms. The summed E-state index contributed by atoms with van der Waals surface area (Å²) in [5.41, 5.74) is 2.47. The lowest BCUT2D eigenvalue weighted by molar-refractivity contribution is 0.0950. The fraction of sp³-hybridized carbons (Fsp3) is 0.389. The van der Waals surface area contributed by atoms with Gasteiger partial charge in [0.2, 0.25) is 5.95 Å². The maximum Gasteiger partial charge on any atom is 0.251 e. The number of rotatable bonds is 5. The Morgan fingerprint density at radius 3 is 2.79 bits per heavy atom. The van der Waals surface area contributed by atoms with Crippen LogP contribution in [0.4, 0.5) is 11.6 Å². The van der Waals surface area contributed by atoms with Crippen LogP contribution in [0, 0.1) is 0 Å². The zero-order chi connectivity index (χ0) is 16.9. The minimum atomic E-state index is -0.0972. The molecule has 2 aromatic rings. The molecule has 0 saturated carbocycles. The summed E-state index contributed by atoms with van der Waals surface area (Å²) in [4.78, 5) is 25.4. The summed E-state index contributed by atoms with van der Waals surface area (Å²) < 4.78 is 0. The van der Waals surface area contributed by atoms with Gasteiger partial charge in [0.15, 0.2) is 0 Å². The van der Waals surface area contributed by atoms with Crippen molar-refractivity contribution in [2.45, 2.75) is 19.4 Å². The van der Waals surface area contributed by atoms with Gasteiger partial charge in [-0.1, -0.05) is 6.07 Å². The Morgan fingerprint density at radius 1 is 1.25 bits per heavy atom. The quantitative estimate of drug-likeness (QED) is 0.912. The Bertz CT molecular complexity index is 710. The minimum Gasteiger partial charge on any atom is -0.378 e. The molecule has 1 aliphatic rings. The van der Waals surface area contributed by atoms with Crippen molar-refractivity contribution in [3.8, 4) is 0 Å². The Hall–Kier alpha value is -2.63. The molecule has 0 bridgehead atoms. The van der Waals surface area contributed by atoms with Crippen LogP contribution in [0.1, 0.15) is 28.9 Å². The van der Waals surface area contributed by atoms with Crippen LogP contribution in [-0.4, -0.2) is 43.1 Å². The van der Waals surface area contributed by atoms with Gasteiger partial charge in [0.05, 0.1) is 12.2 Å². The Morgan fingerprint density at radius 2 is 2.04 bits per heavy atom. The molecule has 1 aromatic heterocycles. The molecule has 1 amide bonds. The molecule has 1 fully saturated rings. The number of anilines is 2.